The minimum Gasteiger partial charge on any atom is -0.497 e. The fraction of sp³-hybridized carbons (Fsp3) is 0.143. The Hall–Kier alpha value is -1.44. The molecule has 0 amide bonds. The largest absolute Gasteiger partial charge is 0.497 e. The second kappa shape index (κ2) is 6.76. The van der Waals surface area contributed by atoms with E-state index in [2.05, 4.69) is 20.7 Å². The van der Waals surface area contributed by atoms with E-state index in [9.17, 15) is 8.42 Å². The molecule has 0 saturated heterocycles. The highest BCUT2D eigenvalue weighted by molar-refractivity contribution is 9.10. The van der Waals surface area contributed by atoms with Gasteiger partial charge in [0.15, 0.2) is 0 Å². The minimum atomic E-state index is -3.82. The summed E-state index contributed by atoms with van der Waals surface area (Å²) in [6.45, 7) is 0. The van der Waals surface area contributed by atoms with Crippen LogP contribution in [0.5, 0.6) is 11.5 Å². The Balaban J connectivity index is 2.40. The Labute approximate surface area is 142 Å². The highest BCUT2D eigenvalue weighted by Crippen LogP contribution is 2.30. The molecule has 118 valence electrons. The van der Waals surface area contributed by atoms with Crippen LogP contribution >= 0.6 is 27.5 Å². The first-order chi connectivity index (χ1) is 10.4. The van der Waals surface area contributed by atoms with E-state index in [-0.39, 0.29) is 9.92 Å². The summed E-state index contributed by atoms with van der Waals surface area (Å²) < 4.78 is 38.3. The number of hydrogen-bond donors (Lipinski definition) is 1. The van der Waals surface area contributed by atoms with Crippen molar-refractivity contribution in [1.82, 2.24) is 0 Å². The highest BCUT2D eigenvalue weighted by Gasteiger charge is 2.19. The first-order valence-electron chi connectivity index (χ1n) is 6.06. The van der Waals surface area contributed by atoms with Crippen LogP contribution in [0.3, 0.4) is 0 Å². The molecule has 5 nitrogen and oxygen atoms in total. The number of methoxy groups -OCH3 is 2. The maximum absolute atomic E-state index is 12.4. The number of anilines is 1. The molecule has 0 saturated carbocycles. The molecular weight excluding hydrogens is 394 g/mol. The second-order valence-electron chi connectivity index (χ2n) is 4.28. The molecule has 2 aromatic carbocycles. The molecule has 0 bridgehead atoms. The van der Waals surface area contributed by atoms with Crippen LogP contribution in [0.15, 0.2) is 45.8 Å². The quantitative estimate of drug-likeness (QED) is 0.817. The standard InChI is InChI=1S/C14H13BrClNO4S/c1-20-11-6-10(7-12(8-11)21-2)17-22(18,19)14-4-3-9(15)5-13(14)16/h3-8,17H,1-2H3. The summed E-state index contributed by atoms with van der Waals surface area (Å²) in [6.07, 6.45) is 0. The van der Waals surface area contributed by atoms with Crippen LogP contribution in [0.1, 0.15) is 0 Å². The van der Waals surface area contributed by atoms with Crippen LogP contribution < -0.4 is 14.2 Å². The molecular formula is C14H13BrClNO4S. The third kappa shape index (κ3) is 3.85. The van der Waals surface area contributed by atoms with E-state index in [0.29, 0.717) is 21.7 Å². The van der Waals surface area contributed by atoms with Crippen LogP contribution in [-0.2, 0) is 10.0 Å². The topological polar surface area (TPSA) is 64.6 Å². The van der Waals surface area contributed by atoms with E-state index in [1.807, 2.05) is 0 Å². The molecule has 0 atom stereocenters. The Morgan fingerprint density at radius 2 is 1.64 bits per heavy atom. The maximum atomic E-state index is 12.4. The zero-order valence-electron chi connectivity index (χ0n) is 11.8. The SMILES string of the molecule is COc1cc(NS(=O)(=O)c2ccc(Br)cc2Cl)cc(OC)c1. The third-order valence-electron chi connectivity index (χ3n) is 2.79. The molecule has 0 aliphatic heterocycles. The van der Waals surface area contributed by atoms with Gasteiger partial charge in [-0.1, -0.05) is 27.5 Å². The molecule has 0 spiro atoms. The number of hydrogen-bond acceptors (Lipinski definition) is 4. The average Bonchev–Trinajstić information content (AvgIpc) is 2.45. The highest BCUT2D eigenvalue weighted by atomic mass is 79.9. The number of halogens is 2. The number of sulfonamides is 1. The minimum absolute atomic E-state index is 0.0147. The number of ether oxygens (including phenoxy) is 2. The van der Waals surface area contributed by atoms with Crippen molar-refractivity contribution in [3.8, 4) is 11.5 Å². The molecule has 2 aromatic rings. The summed E-state index contributed by atoms with van der Waals surface area (Å²) in [5.41, 5.74) is 0.315. The monoisotopic (exact) mass is 405 g/mol. The van der Waals surface area contributed by atoms with E-state index < -0.39 is 10.0 Å². The molecule has 2 rings (SSSR count). The van der Waals surface area contributed by atoms with Crippen molar-refractivity contribution in [3.63, 3.8) is 0 Å². The predicted octanol–water partition coefficient (Wildman–Crippen LogP) is 3.92. The Morgan fingerprint density at radius 1 is 1.05 bits per heavy atom. The molecule has 22 heavy (non-hydrogen) atoms. The summed E-state index contributed by atoms with van der Waals surface area (Å²) in [5.74, 6) is 0.943. The van der Waals surface area contributed by atoms with E-state index in [4.69, 9.17) is 21.1 Å². The second-order valence-corrected chi connectivity index (χ2v) is 7.26. The first-order valence-corrected chi connectivity index (χ1v) is 8.72. The van der Waals surface area contributed by atoms with Gasteiger partial charge in [-0.25, -0.2) is 8.42 Å². The fourth-order valence-corrected chi connectivity index (χ4v) is 3.85. The van der Waals surface area contributed by atoms with E-state index in [1.165, 1.54) is 26.4 Å². The van der Waals surface area contributed by atoms with E-state index >= 15 is 0 Å². The molecule has 0 aliphatic carbocycles. The van der Waals surface area contributed by atoms with Gasteiger partial charge >= 0.3 is 0 Å². The molecule has 0 radical (unpaired) electrons. The van der Waals surface area contributed by atoms with Crippen LogP contribution in [0, 0.1) is 0 Å². The van der Waals surface area contributed by atoms with Gasteiger partial charge in [0.25, 0.3) is 10.0 Å². The smallest absolute Gasteiger partial charge is 0.263 e. The zero-order valence-corrected chi connectivity index (χ0v) is 14.9. The lowest BCUT2D eigenvalue weighted by Gasteiger charge is -2.12. The Bertz CT molecular complexity index is 773. The van der Waals surface area contributed by atoms with Gasteiger partial charge in [0.1, 0.15) is 16.4 Å². The number of benzene rings is 2. The van der Waals surface area contributed by atoms with Gasteiger partial charge in [0, 0.05) is 22.7 Å². The van der Waals surface area contributed by atoms with E-state index in [0.717, 1.165) is 0 Å². The zero-order chi connectivity index (χ0) is 16.3. The summed E-state index contributed by atoms with van der Waals surface area (Å²) in [7, 11) is -0.855. The van der Waals surface area contributed by atoms with Crippen molar-refractivity contribution in [3.05, 3.63) is 45.9 Å². The summed E-state index contributed by atoms with van der Waals surface area (Å²) in [5, 5.41) is 0.122. The first kappa shape index (κ1) is 16.9. The molecule has 0 heterocycles. The fourth-order valence-electron chi connectivity index (χ4n) is 1.77. The predicted molar refractivity (Wildman–Crippen MR) is 89.5 cm³/mol. The number of nitrogens with one attached hydrogen (secondary N) is 1. The summed E-state index contributed by atoms with van der Waals surface area (Å²) in [6, 6.07) is 9.28. The van der Waals surface area contributed by atoms with Crippen LogP contribution in [0.2, 0.25) is 5.02 Å². The van der Waals surface area contributed by atoms with E-state index in [1.54, 1.807) is 24.3 Å². The Kier molecular flexibility index (Phi) is 5.20. The molecule has 1 N–H and O–H groups in total. The molecule has 0 unspecified atom stereocenters. The average molecular weight is 407 g/mol. The van der Waals surface area contributed by atoms with Crippen LogP contribution in [0.4, 0.5) is 5.69 Å². The van der Waals surface area contributed by atoms with Gasteiger partial charge in [-0.15, -0.1) is 0 Å². The molecule has 0 aromatic heterocycles. The normalized spacial score (nSPS) is 11.1. The summed E-state index contributed by atoms with van der Waals surface area (Å²) >= 11 is 9.23. The van der Waals surface area contributed by atoms with Crippen LogP contribution in [0.25, 0.3) is 0 Å². The van der Waals surface area contributed by atoms with Gasteiger partial charge in [-0.3, -0.25) is 4.72 Å². The maximum Gasteiger partial charge on any atom is 0.263 e. The molecule has 0 fully saturated rings. The van der Waals surface area contributed by atoms with Crippen molar-refractivity contribution < 1.29 is 17.9 Å². The number of rotatable bonds is 5. The van der Waals surface area contributed by atoms with Crippen molar-refractivity contribution in [2.75, 3.05) is 18.9 Å². The van der Waals surface area contributed by atoms with Gasteiger partial charge in [-0.2, -0.15) is 0 Å². The van der Waals surface area contributed by atoms with Gasteiger partial charge in [0.05, 0.1) is 24.9 Å². The molecule has 8 heteroatoms. The van der Waals surface area contributed by atoms with Crippen molar-refractivity contribution >= 4 is 43.2 Å². The Morgan fingerprint density at radius 3 is 2.14 bits per heavy atom. The van der Waals surface area contributed by atoms with Gasteiger partial charge < -0.3 is 9.47 Å². The van der Waals surface area contributed by atoms with Crippen molar-refractivity contribution in [2.24, 2.45) is 0 Å². The lowest BCUT2D eigenvalue weighted by molar-refractivity contribution is 0.395. The van der Waals surface area contributed by atoms with Gasteiger partial charge in [-0.05, 0) is 18.2 Å². The van der Waals surface area contributed by atoms with Crippen LogP contribution in [-0.4, -0.2) is 22.6 Å². The summed E-state index contributed by atoms with van der Waals surface area (Å²) in [4.78, 5) is -0.0147. The lowest BCUT2D eigenvalue weighted by atomic mass is 10.3. The van der Waals surface area contributed by atoms with Gasteiger partial charge in [0.2, 0.25) is 0 Å². The third-order valence-corrected chi connectivity index (χ3v) is 5.14. The van der Waals surface area contributed by atoms with Crippen molar-refractivity contribution in [2.45, 2.75) is 4.90 Å². The lowest BCUT2D eigenvalue weighted by Crippen LogP contribution is -2.13. The molecule has 0 aliphatic rings. The van der Waals surface area contributed by atoms with Crippen molar-refractivity contribution in [1.29, 1.82) is 0 Å².